The van der Waals surface area contributed by atoms with Crippen molar-refractivity contribution in [3.05, 3.63) is 0 Å². The van der Waals surface area contributed by atoms with Crippen molar-refractivity contribution in [2.75, 3.05) is 33.5 Å². The summed E-state index contributed by atoms with van der Waals surface area (Å²) in [5.74, 6) is 0. The Morgan fingerprint density at radius 2 is 1.57 bits per heavy atom. The second-order valence-corrected chi connectivity index (χ2v) is 6.99. The molecule has 0 N–H and O–H groups in total. The number of hydrogen-bond acceptors (Lipinski definition) is 3. The highest BCUT2D eigenvalue weighted by molar-refractivity contribution is 8.20. The predicted octanol–water partition coefficient (Wildman–Crippen LogP) is 2.49. The SMILES string of the molecule is CCOC[N+]1(C)CCCC1.O=S(=O)([B-](F)(F)F)C(F)(F)F. The minimum Gasteiger partial charge on any atom is -0.436 e. The van der Waals surface area contributed by atoms with E-state index >= 15 is 0 Å². The van der Waals surface area contributed by atoms with E-state index in [0.29, 0.717) is 0 Å². The van der Waals surface area contributed by atoms with E-state index in [2.05, 4.69) is 14.0 Å². The summed E-state index contributed by atoms with van der Waals surface area (Å²) in [6, 6.07) is 0. The maximum atomic E-state index is 11.1. The van der Waals surface area contributed by atoms with Gasteiger partial charge in [-0.1, -0.05) is 0 Å². The van der Waals surface area contributed by atoms with Crippen molar-refractivity contribution >= 4 is 15.9 Å². The van der Waals surface area contributed by atoms with E-state index in [1.165, 1.54) is 25.9 Å². The van der Waals surface area contributed by atoms with Gasteiger partial charge >= 0.3 is 11.8 Å². The van der Waals surface area contributed by atoms with Crippen LogP contribution in [0.25, 0.3) is 0 Å². The van der Waals surface area contributed by atoms with Gasteiger partial charge in [0, 0.05) is 19.4 Å². The molecule has 0 aromatic rings. The molecule has 0 unspecified atom stereocenters. The summed E-state index contributed by atoms with van der Waals surface area (Å²) in [5.41, 5.74) is -6.24. The van der Waals surface area contributed by atoms with Crippen molar-refractivity contribution in [2.24, 2.45) is 0 Å². The monoisotopic (exact) mass is 345 g/mol. The van der Waals surface area contributed by atoms with Crippen LogP contribution in [-0.2, 0) is 14.4 Å². The van der Waals surface area contributed by atoms with Gasteiger partial charge in [0.15, 0.2) is 6.73 Å². The van der Waals surface area contributed by atoms with Crippen molar-refractivity contribution < 1.29 is 43.8 Å². The molecule has 1 aliphatic heterocycles. The van der Waals surface area contributed by atoms with E-state index in [-0.39, 0.29) is 0 Å². The third-order valence-electron chi connectivity index (χ3n) is 2.93. The number of likely N-dealkylation sites (tertiary alicyclic amines) is 1. The molecule has 4 nitrogen and oxygen atoms in total. The molecule has 0 aromatic carbocycles. The topological polar surface area (TPSA) is 43.4 Å². The van der Waals surface area contributed by atoms with Crippen LogP contribution < -0.4 is 0 Å². The summed E-state index contributed by atoms with van der Waals surface area (Å²) in [4.78, 5) is 0. The van der Waals surface area contributed by atoms with Crippen LogP contribution >= 0.6 is 0 Å². The Labute approximate surface area is 119 Å². The van der Waals surface area contributed by atoms with Crippen LogP contribution in [0.1, 0.15) is 19.8 Å². The van der Waals surface area contributed by atoms with E-state index in [0.717, 1.165) is 17.8 Å². The van der Waals surface area contributed by atoms with Gasteiger partial charge in [-0.3, -0.25) is 8.42 Å². The fraction of sp³-hybridized carbons (Fsp3) is 1.00. The molecule has 0 amide bonds. The summed E-state index contributed by atoms with van der Waals surface area (Å²) in [6.07, 6.45) is -4.15. The standard InChI is InChI=1S/C8H18NO.CBF6O2S/c1-3-10-8-9(2)6-4-5-7-9;3-1(4,5)11(9,10)2(6,7)8/h3-8H2,1-2H3;/q+1;-1. The summed E-state index contributed by atoms with van der Waals surface area (Å²) < 4.78 is 91.8. The lowest BCUT2D eigenvalue weighted by atomic mass is 10.4. The van der Waals surface area contributed by atoms with Crippen LogP contribution in [0.15, 0.2) is 0 Å². The van der Waals surface area contributed by atoms with Gasteiger partial charge in [0.2, 0.25) is 9.69 Å². The molecule has 0 saturated carbocycles. The average Bonchev–Trinajstić information content (AvgIpc) is 2.72. The minimum absolute atomic E-state index is 0.855. The molecule has 0 aromatic heterocycles. The second-order valence-electron chi connectivity index (χ2n) is 4.90. The van der Waals surface area contributed by atoms with Crippen LogP contribution in [-0.4, -0.2) is 58.1 Å². The summed E-state index contributed by atoms with van der Waals surface area (Å²) >= 11 is 0. The summed E-state index contributed by atoms with van der Waals surface area (Å²) in [7, 11) is -4.67. The number of hydrogen-bond donors (Lipinski definition) is 0. The molecule has 21 heavy (non-hydrogen) atoms. The molecule has 0 aliphatic carbocycles. The molecule has 1 saturated heterocycles. The molecule has 0 atom stereocenters. The van der Waals surface area contributed by atoms with E-state index in [1.807, 2.05) is 0 Å². The molecule has 1 rings (SSSR count). The normalized spacial score (nSPS) is 19.0. The first kappa shape index (κ1) is 20.5. The maximum Gasteiger partial charge on any atom is 0.616 e. The summed E-state index contributed by atoms with van der Waals surface area (Å²) in [5, 5.41) is 0. The first-order valence-corrected chi connectivity index (χ1v) is 7.72. The number of nitrogens with zero attached hydrogens (tertiary/aromatic N) is 1. The first-order chi connectivity index (χ1) is 9.27. The van der Waals surface area contributed by atoms with Gasteiger partial charge < -0.3 is 22.2 Å². The highest BCUT2D eigenvalue weighted by Crippen LogP contribution is 2.33. The quantitative estimate of drug-likeness (QED) is 0.447. The Kier molecular flexibility index (Phi) is 7.02. The van der Waals surface area contributed by atoms with Crippen LogP contribution in [0.4, 0.5) is 26.1 Å². The lowest BCUT2D eigenvalue weighted by molar-refractivity contribution is -0.916. The molecule has 0 radical (unpaired) electrons. The van der Waals surface area contributed by atoms with Gasteiger partial charge in [0.1, 0.15) is 0 Å². The Balaban J connectivity index is 0.000000382. The molecule has 1 fully saturated rings. The Morgan fingerprint density at radius 1 is 1.14 bits per heavy atom. The van der Waals surface area contributed by atoms with Gasteiger partial charge in [-0.2, -0.15) is 13.2 Å². The van der Waals surface area contributed by atoms with Gasteiger partial charge in [-0.25, -0.2) is 0 Å². The van der Waals surface area contributed by atoms with Gasteiger partial charge in [-0.15, -0.1) is 0 Å². The molecular formula is C9H18BF6NO3S. The molecule has 12 heteroatoms. The Hall–Kier alpha value is -0.485. The number of ether oxygens (including phenoxy) is 1. The van der Waals surface area contributed by atoms with Gasteiger partial charge in [-0.05, 0) is 6.92 Å². The van der Waals surface area contributed by atoms with E-state index in [4.69, 9.17) is 4.74 Å². The molecular weight excluding hydrogens is 327 g/mol. The highest BCUT2D eigenvalue weighted by atomic mass is 32.2. The van der Waals surface area contributed by atoms with Crippen molar-refractivity contribution in [1.29, 1.82) is 0 Å². The van der Waals surface area contributed by atoms with E-state index in [1.54, 1.807) is 0 Å². The van der Waals surface area contributed by atoms with Crippen LogP contribution in [0.2, 0.25) is 0 Å². The van der Waals surface area contributed by atoms with Crippen LogP contribution in [0.3, 0.4) is 0 Å². The zero-order chi connectivity index (χ0) is 16.9. The smallest absolute Gasteiger partial charge is 0.436 e. The predicted molar refractivity (Wildman–Crippen MR) is 65.7 cm³/mol. The van der Waals surface area contributed by atoms with Gasteiger partial charge in [0.25, 0.3) is 0 Å². The molecule has 0 bridgehead atoms. The third kappa shape index (κ3) is 6.03. The maximum absolute atomic E-state index is 11.1. The highest BCUT2D eigenvalue weighted by Gasteiger charge is 2.58. The second kappa shape index (κ2) is 7.18. The van der Waals surface area contributed by atoms with Crippen molar-refractivity contribution in [3.8, 4) is 0 Å². The number of quaternary nitrogens is 1. The molecule has 1 heterocycles. The third-order valence-corrected chi connectivity index (χ3v) is 4.28. The van der Waals surface area contributed by atoms with E-state index < -0.39 is 21.5 Å². The van der Waals surface area contributed by atoms with Crippen LogP contribution in [0.5, 0.6) is 0 Å². The number of rotatable bonds is 4. The van der Waals surface area contributed by atoms with E-state index in [9.17, 15) is 34.5 Å². The van der Waals surface area contributed by atoms with Crippen molar-refractivity contribution in [3.63, 3.8) is 0 Å². The fourth-order valence-corrected chi connectivity index (χ4v) is 1.99. The molecule has 1 aliphatic rings. The lowest BCUT2D eigenvalue weighted by Crippen LogP contribution is -2.42. The Bertz CT molecular complexity index is 396. The van der Waals surface area contributed by atoms with Crippen molar-refractivity contribution in [2.45, 2.75) is 25.3 Å². The lowest BCUT2D eigenvalue weighted by Gasteiger charge is -2.27. The largest absolute Gasteiger partial charge is 0.616 e. The number of alkyl halides is 3. The minimum atomic E-state index is -6.95. The number of halogens is 6. The average molecular weight is 345 g/mol. The van der Waals surface area contributed by atoms with Crippen LogP contribution in [0, 0.1) is 0 Å². The zero-order valence-electron chi connectivity index (χ0n) is 11.7. The zero-order valence-corrected chi connectivity index (χ0v) is 12.5. The summed E-state index contributed by atoms with van der Waals surface area (Å²) in [6.45, 7) is 6.44. The van der Waals surface area contributed by atoms with Crippen molar-refractivity contribution in [1.82, 2.24) is 0 Å². The molecule has 0 spiro atoms. The fourth-order valence-electron chi connectivity index (χ4n) is 1.69. The first-order valence-electron chi connectivity index (χ1n) is 6.18. The van der Waals surface area contributed by atoms with Gasteiger partial charge in [0.05, 0.1) is 20.1 Å². The Morgan fingerprint density at radius 3 is 1.81 bits per heavy atom. The molecule has 128 valence electrons.